The molecule has 0 spiro atoms. The van der Waals surface area contributed by atoms with Crippen LogP contribution in [0.5, 0.6) is 5.75 Å². The zero-order chi connectivity index (χ0) is 23.6. The van der Waals surface area contributed by atoms with Gasteiger partial charge in [0.1, 0.15) is 23.4 Å². The van der Waals surface area contributed by atoms with Gasteiger partial charge in [-0.3, -0.25) is 14.5 Å². The van der Waals surface area contributed by atoms with Gasteiger partial charge in [0.25, 0.3) is 5.91 Å². The van der Waals surface area contributed by atoms with Crippen LogP contribution in [0.3, 0.4) is 0 Å². The van der Waals surface area contributed by atoms with Gasteiger partial charge in [-0.2, -0.15) is 5.26 Å². The number of urea groups is 1. The quantitative estimate of drug-likeness (QED) is 0.527. The van der Waals surface area contributed by atoms with Crippen LogP contribution < -0.4 is 15.4 Å². The summed E-state index contributed by atoms with van der Waals surface area (Å²) in [5.74, 6) is -1.83. The standard InChI is InChI=1S/C21H23F3N4O4/c1-19(14-6-8-15(9-7-14)32-21(22,23)24)17(30)28(18(31)27-19)12-16(29)26-20(13-25)10-4-2-3-5-11-20/h6-9H,2-5,10-12H2,1H3,(H,26,29)(H,27,31). The Kier molecular flexibility index (Phi) is 6.34. The molecule has 11 heteroatoms. The minimum atomic E-state index is -4.86. The van der Waals surface area contributed by atoms with E-state index in [1.807, 2.05) is 0 Å². The minimum absolute atomic E-state index is 0.227. The van der Waals surface area contributed by atoms with Crippen LogP contribution in [0.1, 0.15) is 51.0 Å². The third-order valence-electron chi connectivity index (χ3n) is 5.79. The Labute approximate surface area is 182 Å². The summed E-state index contributed by atoms with van der Waals surface area (Å²) in [6.07, 6.45) is -0.328. The van der Waals surface area contributed by atoms with Crippen LogP contribution in [-0.2, 0) is 15.1 Å². The van der Waals surface area contributed by atoms with Crippen LogP contribution in [0.15, 0.2) is 24.3 Å². The van der Waals surface area contributed by atoms with Gasteiger partial charge in [-0.05, 0) is 37.5 Å². The van der Waals surface area contributed by atoms with Crippen LogP contribution in [0, 0.1) is 11.3 Å². The number of benzene rings is 1. The smallest absolute Gasteiger partial charge is 0.406 e. The highest BCUT2D eigenvalue weighted by Gasteiger charge is 2.50. The number of ether oxygens (including phenoxy) is 1. The fourth-order valence-electron chi connectivity index (χ4n) is 4.07. The maximum Gasteiger partial charge on any atom is 0.573 e. The monoisotopic (exact) mass is 452 g/mol. The summed E-state index contributed by atoms with van der Waals surface area (Å²) in [4.78, 5) is 38.7. The number of hydrogen-bond donors (Lipinski definition) is 2. The van der Waals surface area contributed by atoms with Crippen molar-refractivity contribution < 1.29 is 32.3 Å². The highest BCUT2D eigenvalue weighted by atomic mass is 19.4. The fraction of sp³-hybridized carbons (Fsp3) is 0.524. The molecule has 8 nitrogen and oxygen atoms in total. The van der Waals surface area contributed by atoms with Crippen molar-refractivity contribution in [2.24, 2.45) is 0 Å². The highest BCUT2D eigenvalue weighted by molar-refractivity contribution is 6.09. The molecule has 1 saturated heterocycles. The number of amides is 4. The van der Waals surface area contributed by atoms with Crippen LogP contribution in [-0.4, -0.2) is 41.2 Å². The van der Waals surface area contributed by atoms with E-state index >= 15 is 0 Å². The van der Waals surface area contributed by atoms with Crippen molar-refractivity contribution >= 4 is 17.8 Å². The van der Waals surface area contributed by atoms with E-state index in [4.69, 9.17) is 0 Å². The SMILES string of the molecule is CC1(c2ccc(OC(F)(F)F)cc2)NC(=O)N(CC(=O)NC2(C#N)CCCCCC2)C1=O. The maximum atomic E-state index is 13.0. The number of hydrogen-bond acceptors (Lipinski definition) is 5. The first-order chi connectivity index (χ1) is 15.0. The van der Waals surface area contributed by atoms with Gasteiger partial charge in [-0.1, -0.05) is 37.8 Å². The molecule has 32 heavy (non-hydrogen) atoms. The zero-order valence-corrected chi connectivity index (χ0v) is 17.4. The van der Waals surface area contributed by atoms with Crippen molar-refractivity contribution in [3.63, 3.8) is 0 Å². The molecule has 3 rings (SSSR count). The molecule has 1 unspecified atom stereocenters. The normalized spacial score (nSPS) is 23.2. The van der Waals surface area contributed by atoms with Gasteiger partial charge in [0, 0.05) is 0 Å². The van der Waals surface area contributed by atoms with E-state index in [-0.39, 0.29) is 5.56 Å². The molecule has 2 fully saturated rings. The molecule has 1 aliphatic carbocycles. The van der Waals surface area contributed by atoms with Gasteiger partial charge in [-0.15, -0.1) is 13.2 Å². The molecule has 2 N–H and O–H groups in total. The molecule has 1 atom stereocenters. The lowest BCUT2D eigenvalue weighted by Gasteiger charge is -2.27. The van der Waals surface area contributed by atoms with Crippen molar-refractivity contribution in [3.8, 4) is 11.8 Å². The van der Waals surface area contributed by atoms with Gasteiger partial charge in [0.05, 0.1) is 6.07 Å². The number of halogens is 3. The van der Waals surface area contributed by atoms with Gasteiger partial charge >= 0.3 is 12.4 Å². The first-order valence-corrected chi connectivity index (χ1v) is 10.2. The second-order valence-electron chi connectivity index (χ2n) is 8.17. The van der Waals surface area contributed by atoms with E-state index in [1.165, 1.54) is 19.1 Å². The lowest BCUT2D eigenvalue weighted by atomic mass is 9.91. The summed E-state index contributed by atoms with van der Waals surface area (Å²) in [6.45, 7) is 0.825. The van der Waals surface area contributed by atoms with Crippen LogP contribution >= 0.6 is 0 Å². The number of imide groups is 1. The van der Waals surface area contributed by atoms with Crippen molar-refractivity contribution in [2.75, 3.05) is 6.54 Å². The average molecular weight is 452 g/mol. The highest BCUT2D eigenvalue weighted by Crippen LogP contribution is 2.32. The van der Waals surface area contributed by atoms with Gasteiger partial charge in [0.15, 0.2) is 0 Å². The largest absolute Gasteiger partial charge is 0.573 e. The predicted octanol–water partition coefficient (Wildman–Crippen LogP) is 3.08. The maximum absolute atomic E-state index is 13.0. The van der Waals surface area contributed by atoms with Crippen molar-refractivity contribution in [3.05, 3.63) is 29.8 Å². The number of carbonyl (C=O) groups is 3. The molecular weight excluding hydrogens is 429 g/mol. The molecule has 172 valence electrons. The Bertz CT molecular complexity index is 934. The summed E-state index contributed by atoms with van der Waals surface area (Å²) in [6, 6.07) is 5.90. The Morgan fingerprint density at radius 3 is 2.31 bits per heavy atom. The number of nitriles is 1. The Morgan fingerprint density at radius 2 is 1.78 bits per heavy atom. The van der Waals surface area contributed by atoms with E-state index < -0.39 is 47.6 Å². The lowest BCUT2D eigenvalue weighted by Crippen LogP contribution is -2.51. The predicted molar refractivity (Wildman–Crippen MR) is 105 cm³/mol. The molecule has 1 aliphatic heterocycles. The average Bonchev–Trinajstić information content (AvgIpc) is 2.88. The Morgan fingerprint density at radius 1 is 1.19 bits per heavy atom. The summed E-state index contributed by atoms with van der Waals surface area (Å²) < 4.78 is 40.9. The fourth-order valence-corrected chi connectivity index (χ4v) is 4.07. The van der Waals surface area contributed by atoms with Crippen LogP contribution in [0.4, 0.5) is 18.0 Å². The summed E-state index contributed by atoms with van der Waals surface area (Å²) in [7, 11) is 0. The first-order valence-electron chi connectivity index (χ1n) is 10.2. The topological polar surface area (TPSA) is 112 Å². The first kappa shape index (κ1) is 23.4. The molecular formula is C21H23F3N4O4. The number of carbonyl (C=O) groups excluding carboxylic acids is 3. The van der Waals surface area contributed by atoms with E-state index in [0.717, 1.165) is 42.7 Å². The molecule has 0 aromatic heterocycles. The molecule has 1 saturated carbocycles. The second-order valence-corrected chi connectivity index (χ2v) is 8.17. The Balaban J connectivity index is 1.71. The molecule has 0 bridgehead atoms. The number of nitrogens with one attached hydrogen (secondary N) is 2. The van der Waals surface area contributed by atoms with E-state index in [2.05, 4.69) is 21.4 Å². The van der Waals surface area contributed by atoms with Crippen LogP contribution in [0.2, 0.25) is 0 Å². The zero-order valence-electron chi connectivity index (χ0n) is 17.4. The van der Waals surface area contributed by atoms with Gasteiger partial charge in [0.2, 0.25) is 5.91 Å². The summed E-state index contributed by atoms with van der Waals surface area (Å²) in [5.41, 5.74) is -2.36. The van der Waals surface area contributed by atoms with E-state index in [1.54, 1.807) is 0 Å². The molecule has 2 aliphatic rings. The van der Waals surface area contributed by atoms with Gasteiger partial charge < -0.3 is 15.4 Å². The lowest BCUT2D eigenvalue weighted by molar-refractivity contribution is -0.274. The van der Waals surface area contributed by atoms with E-state index in [0.29, 0.717) is 12.8 Å². The third kappa shape index (κ3) is 4.95. The number of nitrogens with zero attached hydrogens (tertiary/aromatic N) is 2. The van der Waals surface area contributed by atoms with Crippen LogP contribution in [0.25, 0.3) is 0 Å². The van der Waals surface area contributed by atoms with Crippen molar-refractivity contribution in [2.45, 2.75) is 62.9 Å². The molecule has 1 heterocycles. The van der Waals surface area contributed by atoms with Gasteiger partial charge in [-0.25, -0.2) is 4.79 Å². The molecule has 4 amide bonds. The number of rotatable bonds is 5. The number of alkyl halides is 3. The molecule has 1 aromatic carbocycles. The van der Waals surface area contributed by atoms with Crippen molar-refractivity contribution in [1.29, 1.82) is 5.26 Å². The second kappa shape index (κ2) is 8.68. The third-order valence-corrected chi connectivity index (χ3v) is 5.79. The Hall–Kier alpha value is -3.29. The van der Waals surface area contributed by atoms with E-state index in [9.17, 15) is 32.8 Å². The minimum Gasteiger partial charge on any atom is -0.406 e. The summed E-state index contributed by atoms with van der Waals surface area (Å²) in [5, 5.41) is 14.8. The van der Waals surface area contributed by atoms with Crippen molar-refractivity contribution in [1.82, 2.24) is 15.5 Å². The molecule has 0 radical (unpaired) electrons. The molecule has 1 aromatic rings. The summed E-state index contributed by atoms with van der Waals surface area (Å²) >= 11 is 0.